The molecule has 0 aliphatic carbocycles. The standard InChI is InChI=1S/C32H76O8Si6.C32H76O7Si6/c1-16-18-20-21-22-23-24-27-31(32(33)34-3)46(15,39-44(12,13)37-42(7,8)9)40-45(14,30-26-29-35-28-25-19-17-2)38-43(10,11)36-41(4,5)6;1-16-18-20-21-22-23-24-27-32(31(3)33)45(15,38-43(12,13)36-41(7,8)9)39-44(14,30-26-29-34-28-25-19-17-2)37-42(10,11)35-40(4,5)6/h31H,16-30H2,1-15H3;32H,16-30H2,1-15H3/t31?,45-,46+;32?,44-,45+/m00/s1. The van der Waals surface area contributed by atoms with Crippen LogP contribution < -0.4 is 0 Å². The number of carbonyl (C=O) groups excluding carboxylic acids is 2. The summed E-state index contributed by atoms with van der Waals surface area (Å²) >= 11 is 0. The molecule has 0 aliphatic heterocycles. The molecule has 0 N–H and O–H groups in total. The molecule has 2 unspecified atom stereocenters. The van der Waals surface area contributed by atoms with Gasteiger partial charge in [-0.1, -0.05) is 143 Å². The van der Waals surface area contributed by atoms with Gasteiger partial charge in [0.15, 0.2) is 33.3 Å². The maximum Gasteiger partial charge on any atom is 0.331 e. The first-order valence-corrected chi connectivity index (χ1v) is 71.0. The second-order valence-corrected chi connectivity index (χ2v) is 79.5. The molecule has 0 saturated heterocycles. The first-order valence-electron chi connectivity index (χ1n) is 36.3. The van der Waals surface area contributed by atoms with Gasteiger partial charge < -0.3 is 55.4 Å². The molecule has 0 heterocycles. The lowest BCUT2D eigenvalue weighted by molar-refractivity contribution is -0.141. The highest BCUT2D eigenvalue weighted by Crippen LogP contribution is 2.41. The number of hydrogen-bond acceptors (Lipinski definition) is 15. The van der Waals surface area contributed by atoms with Crippen LogP contribution in [0.4, 0.5) is 0 Å². The SMILES string of the molecule is CCCCCCCCCC(C(=O)OC)[Si@](C)(O[Si](C)(C)O[Si](C)(C)C)O[Si@@](C)(CCCOCCCCC)O[Si](C)(C)O[Si](C)(C)C.CCCCCCCCCC(C(C)=O)[Si@](C)(O[Si](C)(C)O[Si](C)(C)C)O[Si@@](C)(CCCOCCCCC)O[Si](C)(C)O[Si](C)(C)C. The van der Waals surface area contributed by atoms with E-state index in [1.54, 1.807) is 6.92 Å². The summed E-state index contributed by atoms with van der Waals surface area (Å²) in [5.74, 6) is -0.0816. The molecular formula is C64H152O15Si12. The number of ketones is 1. The van der Waals surface area contributed by atoms with Gasteiger partial charge in [-0.2, -0.15) is 0 Å². The van der Waals surface area contributed by atoms with Gasteiger partial charge in [-0.05, 0) is 215 Å². The summed E-state index contributed by atoms with van der Waals surface area (Å²) in [5.41, 5.74) is -0.748. The Kier molecular flexibility index (Phi) is 46.8. The highest BCUT2D eigenvalue weighted by Gasteiger charge is 2.58. The minimum absolute atomic E-state index is 0.165. The Balaban J connectivity index is 0. The number of carbonyl (C=O) groups is 2. The second kappa shape index (κ2) is 45.2. The van der Waals surface area contributed by atoms with E-state index in [0.29, 0.717) is 19.6 Å². The van der Waals surface area contributed by atoms with Gasteiger partial charge in [-0.15, -0.1) is 0 Å². The Bertz CT molecular complexity index is 1920. The fourth-order valence-electron chi connectivity index (χ4n) is 12.8. The number of hydrogen-bond donors (Lipinski definition) is 0. The molecule has 0 amide bonds. The van der Waals surface area contributed by atoms with Crippen LogP contribution in [-0.2, 0) is 65.0 Å². The zero-order valence-electron chi connectivity index (χ0n) is 65.5. The van der Waals surface area contributed by atoms with Crippen LogP contribution in [0.25, 0.3) is 0 Å². The van der Waals surface area contributed by atoms with Gasteiger partial charge in [0.2, 0.25) is 0 Å². The van der Waals surface area contributed by atoms with Gasteiger partial charge in [-0.3, -0.25) is 9.59 Å². The lowest BCUT2D eigenvalue weighted by Crippen LogP contribution is -2.64. The molecule has 15 nitrogen and oxygen atoms in total. The lowest BCUT2D eigenvalue weighted by atomic mass is 10.1. The fraction of sp³-hybridized carbons (Fsp3) is 0.969. The normalized spacial score (nSPS) is 16.7. The van der Waals surface area contributed by atoms with Crippen molar-refractivity contribution >= 4 is 114 Å². The van der Waals surface area contributed by atoms with E-state index in [1.807, 2.05) is 0 Å². The van der Waals surface area contributed by atoms with Crippen molar-refractivity contribution in [2.45, 2.75) is 369 Å². The Morgan fingerprint density at radius 1 is 0.297 bits per heavy atom. The third-order valence-electron chi connectivity index (χ3n) is 14.9. The van der Waals surface area contributed by atoms with E-state index >= 15 is 0 Å². The van der Waals surface area contributed by atoms with Gasteiger partial charge in [0, 0.05) is 26.4 Å². The Labute approximate surface area is 577 Å². The van der Waals surface area contributed by atoms with Gasteiger partial charge in [0.05, 0.1) is 18.2 Å². The maximum atomic E-state index is 13.7. The average molecular weight is 1500 g/mol. The van der Waals surface area contributed by atoms with Crippen molar-refractivity contribution in [1.82, 2.24) is 0 Å². The van der Waals surface area contributed by atoms with E-state index in [4.69, 9.17) is 55.4 Å². The van der Waals surface area contributed by atoms with E-state index in [1.165, 1.54) is 97.0 Å². The smallest absolute Gasteiger partial charge is 0.331 e. The predicted molar refractivity (Wildman–Crippen MR) is 416 cm³/mol. The van der Waals surface area contributed by atoms with Crippen molar-refractivity contribution in [3.63, 3.8) is 0 Å². The molecule has 0 radical (unpaired) electrons. The van der Waals surface area contributed by atoms with Crippen molar-refractivity contribution in [2.24, 2.45) is 0 Å². The van der Waals surface area contributed by atoms with E-state index in [-0.39, 0.29) is 17.3 Å². The first-order chi connectivity index (χ1) is 41.5. The molecule has 6 atom stereocenters. The summed E-state index contributed by atoms with van der Waals surface area (Å²) in [7, 11) is -28.8. The highest BCUT2D eigenvalue weighted by atomic mass is 28.5. The van der Waals surface area contributed by atoms with Crippen LogP contribution >= 0.6 is 0 Å². The molecule has 0 aromatic heterocycles. The Hall–Kier alpha value is 1.26. The van der Waals surface area contributed by atoms with Crippen LogP contribution in [0.2, 0.25) is 180 Å². The fourth-order valence-corrected chi connectivity index (χ4v) is 71.9. The van der Waals surface area contributed by atoms with Gasteiger partial charge in [-0.25, -0.2) is 0 Å². The van der Waals surface area contributed by atoms with Crippen LogP contribution in [0.15, 0.2) is 0 Å². The number of esters is 1. The molecular weight excluding hydrogens is 1350 g/mol. The summed E-state index contributed by atoms with van der Waals surface area (Å²) in [4.78, 5) is 27.2. The first kappa shape index (κ1) is 94.3. The second-order valence-electron chi connectivity index (χ2n) is 32.3. The van der Waals surface area contributed by atoms with Crippen molar-refractivity contribution in [2.75, 3.05) is 33.5 Å². The van der Waals surface area contributed by atoms with Crippen molar-refractivity contribution < 1.29 is 65.0 Å². The molecule has 27 heteroatoms. The molecule has 0 aromatic carbocycles. The summed E-state index contributed by atoms with van der Waals surface area (Å²) in [6.07, 6.45) is 26.7. The van der Waals surface area contributed by atoms with Crippen molar-refractivity contribution in [1.29, 1.82) is 0 Å². The van der Waals surface area contributed by atoms with Gasteiger partial charge >= 0.3 is 74.5 Å². The number of ether oxygens (including phenoxy) is 3. The van der Waals surface area contributed by atoms with E-state index in [0.717, 1.165) is 83.1 Å². The monoisotopic (exact) mass is 1500 g/mol. The third kappa shape index (κ3) is 49.5. The van der Waals surface area contributed by atoms with Crippen LogP contribution in [0.5, 0.6) is 0 Å². The quantitative estimate of drug-likeness (QED) is 0.0322. The Morgan fingerprint density at radius 2 is 0.549 bits per heavy atom. The number of rotatable bonds is 56. The zero-order valence-corrected chi connectivity index (χ0v) is 77.5. The van der Waals surface area contributed by atoms with Crippen molar-refractivity contribution in [3.8, 4) is 0 Å². The average Bonchev–Trinajstić information content (AvgIpc) is 0.788. The number of methoxy groups -OCH3 is 1. The predicted octanol–water partition coefficient (Wildman–Crippen LogP) is 21.6. The van der Waals surface area contributed by atoms with Crippen LogP contribution in [0.1, 0.15) is 189 Å². The Morgan fingerprint density at radius 3 is 0.835 bits per heavy atom. The summed E-state index contributed by atoms with van der Waals surface area (Å²) in [6.45, 7) is 65.5. The molecule has 546 valence electrons. The van der Waals surface area contributed by atoms with E-state index < -0.39 is 107 Å². The van der Waals surface area contributed by atoms with Crippen LogP contribution in [0.3, 0.4) is 0 Å². The summed E-state index contributed by atoms with van der Waals surface area (Å²) in [5, 5.41) is 0. The number of Topliss-reactive ketones (excluding diaryl/α,β-unsaturated/α-hetero) is 1. The summed E-state index contributed by atoms with van der Waals surface area (Å²) < 4.78 is 87.6. The van der Waals surface area contributed by atoms with E-state index in [2.05, 4.69) is 185 Å². The molecule has 0 aliphatic rings. The minimum atomic E-state index is -3.30. The molecule has 0 fully saturated rings. The highest BCUT2D eigenvalue weighted by molar-refractivity contribution is 6.94. The molecule has 0 saturated carbocycles. The van der Waals surface area contributed by atoms with Gasteiger partial charge in [0.25, 0.3) is 0 Å². The van der Waals surface area contributed by atoms with Crippen molar-refractivity contribution in [3.05, 3.63) is 0 Å². The number of unbranched alkanes of at least 4 members (excludes halogenated alkanes) is 16. The minimum Gasteiger partial charge on any atom is -0.469 e. The maximum absolute atomic E-state index is 13.7. The third-order valence-corrected chi connectivity index (χ3v) is 60.1. The van der Waals surface area contributed by atoms with Gasteiger partial charge in [0.1, 0.15) is 5.78 Å². The van der Waals surface area contributed by atoms with Crippen LogP contribution in [0, 0.1) is 0 Å². The van der Waals surface area contributed by atoms with E-state index in [9.17, 15) is 9.59 Å². The summed E-state index contributed by atoms with van der Waals surface area (Å²) in [6, 6.07) is 1.51. The molecule has 0 spiro atoms. The van der Waals surface area contributed by atoms with Crippen LogP contribution in [-0.4, -0.2) is 147 Å². The molecule has 0 rings (SSSR count). The molecule has 0 aromatic rings. The molecule has 91 heavy (non-hydrogen) atoms. The zero-order chi connectivity index (χ0) is 70.7. The molecule has 0 bridgehead atoms. The topological polar surface area (TPSA) is 154 Å². The lowest BCUT2D eigenvalue weighted by Gasteiger charge is -2.47. The largest absolute Gasteiger partial charge is 0.469 e.